The van der Waals surface area contributed by atoms with E-state index in [4.69, 9.17) is 19.9 Å². The van der Waals surface area contributed by atoms with Crippen LogP contribution in [0.1, 0.15) is 67.4 Å². The molecule has 0 aliphatic carbocycles. The smallest absolute Gasteiger partial charge is 0.417 e. The zero-order chi connectivity index (χ0) is 28.5. The standard InChI is InChI=1S/C28H47N3O6/c1-18(2)23(29)24(32)36-25(19(3)4)37-27(34)31(10)22-13-11-21(12-14-22)17-35-26(33)30(9)16-15-20(5)28(6,7)8/h11-14,18-20,23,25H,15-17,29H2,1-10H3/t20?,23-,25?/m0/s1. The zero-order valence-corrected chi connectivity index (χ0v) is 24.2. The highest BCUT2D eigenvalue weighted by Crippen LogP contribution is 2.28. The molecule has 0 saturated heterocycles. The van der Waals surface area contributed by atoms with E-state index in [1.165, 1.54) is 4.90 Å². The molecule has 0 radical (unpaired) electrons. The molecule has 9 heteroatoms. The Hall–Kier alpha value is -2.81. The van der Waals surface area contributed by atoms with E-state index >= 15 is 0 Å². The molecule has 37 heavy (non-hydrogen) atoms. The number of ether oxygens (including phenoxy) is 3. The van der Waals surface area contributed by atoms with Gasteiger partial charge in [-0.2, -0.15) is 0 Å². The Balaban J connectivity index is 2.65. The van der Waals surface area contributed by atoms with Crippen LogP contribution >= 0.6 is 0 Å². The monoisotopic (exact) mass is 521 g/mol. The number of esters is 1. The molecule has 2 unspecified atom stereocenters. The van der Waals surface area contributed by atoms with Crippen molar-refractivity contribution in [2.45, 2.75) is 80.7 Å². The van der Waals surface area contributed by atoms with Crippen molar-refractivity contribution < 1.29 is 28.6 Å². The molecule has 0 aromatic heterocycles. The summed E-state index contributed by atoms with van der Waals surface area (Å²) in [6.45, 7) is 16.7. The molecular weight excluding hydrogens is 474 g/mol. The van der Waals surface area contributed by atoms with Gasteiger partial charge in [-0.15, -0.1) is 0 Å². The van der Waals surface area contributed by atoms with E-state index in [1.807, 2.05) is 13.8 Å². The number of hydrogen-bond acceptors (Lipinski definition) is 7. The summed E-state index contributed by atoms with van der Waals surface area (Å²) in [6, 6.07) is 6.20. The number of benzene rings is 1. The third kappa shape index (κ3) is 10.6. The SMILES string of the molecule is CC(C)C(OC(=O)[C@@H](N)C(C)C)OC(=O)N(C)c1ccc(COC(=O)N(C)CCC(C)C(C)(C)C)cc1. The molecule has 0 aliphatic rings. The minimum atomic E-state index is -1.06. The molecule has 0 aliphatic heterocycles. The maximum atomic E-state index is 12.7. The minimum Gasteiger partial charge on any atom is -0.445 e. The minimum absolute atomic E-state index is 0.103. The highest BCUT2D eigenvalue weighted by atomic mass is 16.7. The van der Waals surface area contributed by atoms with Crippen LogP contribution in [-0.2, 0) is 25.6 Å². The van der Waals surface area contributed by atoms with Gasteiger partial charge in [-0.1, -0.05) is 67.5 Å². The van der Waals surface area contributed by atoms with Gasteiger partial charge in [-0.3, -0.25) is 9.69 Å². The van der Waals surface area contributed by atoms with E-state index in [1.54, 1.807) is 57.1 Å². The maximum absolute atomic E-state index is 12.7. The highest BCUT2D eigenvalue weighted by Gasteiger charge is 2.28. The summed E-state index contributed by atoms with van der Waals surface area (Å²) in [5.41, 5.74) is 7.39. The first kappa shape index (κ1) is 32.2. The molecule has 0 heterocycles. The Morgan fingerprint density at radius 1 is 0.892 bits per heavy atom. The first-order valence-electron chi connectivity index (χ1n) is 12.9. The van der Waals surface area contributed by atoms with Crippen molar-refractivity contribution >= 4 is 23.8 Å². The zero-order valence-electron chi connectivity index (χ0n) is 24.2. The van der Waals surface area contributed by atoms with Crippen molar-refractivity contribution in [3.8, 4) is 0 Å². The molecule has 9 nitrogen and oxygen atoms in total. The van der Waals surface area contributed by atoms with Crippen molar-refractivity contribution in [3.63, 3.8) is 0 Å². The Morgan fingerprint density at radius 2 is 1.46 bits per heavy atom. The summed E-state index contributed by atoms with van der Waals surface area (Å²) in [7, 11) is 3.30. The lowest BCUT2D eigenvalue weighted by molar-refractivity contribution is -0.177. The van der Waals surface area contributed by atoms with E-state index in [0.717, 1.165) is 12.0 Å². The molecule has 1 aromatic carbocycles. The first-order chi connectivity index (χ1) is 17.0. The largest absolute Gasteiger partial charge is 0.445 e. The fourth-order valence-electron chi connectivity index (χ4n) is 3.03. The lowest BCUT2D eigenvalue weighted by Gasteiger charge is -2.28. The summed E-state index contributed by atoms with van der Waals surface area (Å²) >= 11 is 0. The van der Waals surface area contributed by atoms with Crippen LogP contribution < -0.4 is 10.6 Å². The number of amides is 2. The second-order valence-corrected chi connectivity index (χ2v) is 11.5. The van der Waals surface area contributed by atoms with Crippen LogP contribution in [0.4, 0.5) is 15.3 Å². The van der Waals surface area contributed by atoms with Crippen LogP contribution in [0.5, 0.6) is 0 Å². The number of anilines is 1. The van der Waals surface area contributed by atoms with E-state index in [2.05, 4.69) is 27.7 Å². The lowest BCUT2D eigenvalue weighted by Crippen LogP contribution is -2.42. The molecule has 0 saturated carbocycles. The summed E-state index contributed by atoms with van der Waals surface area (Å²) in [5.74, 6) is -0.501. The fourth-order valence-corrected chi connectivity index (χ4v) is 3.03. The average molecular weight is 522 g/mol. The van der Waals surface area contributed by atoms with Gasteiger partial charge in [0, 0.05) is 32.2 Å². The number of carbonyl (C=O) groups excluding carboxylic acids is 3. The van der Waals surface area contributed by atoms with Crippen LogP contribution in [0.2, 0.25) is 0 Å². The number of nitrogens with zero attached hydrogens (tertiary/aromatic N) is 2. The van der Waals surface area contributed by atoms with Gasteiger partial charge in [-0.25, -0.2) is 9.59 Å². The molecular formula is C28H47N3O6. The number of carbonyl (C=O) groups is 3. The maximum Gasteiger partial charge on any atom is 0.417 e. The summed E-state index contributed by atoms with van der Waals surface area (Å²) in [5, 5.41) is 0. The lowest BCUT2D eigenvalue weighted by atomic mass is 9.80. The second-order valence-electron chi connectivity index (χ2n) is 11.5. The van der Waals surface area contributed by atoms with Gasteiger partial charge < -0.3 is 24.8 Å². The van der Waals surface area contributed by atoms with Crippen LogP contribution in [0.25, 0.3) is 0 Å². The van der Waals surface area contributed by atoms with Crippen molar-refractivity contribution in [1.82, 2.24) is 4.90 Å². The van der Waals surface area contributed by atoms with Gasteiger partial charge in [-0.05, 0) is 41.4 Å². The van der Waals surface area contributed by atoms with Gasteiger partial charge in [0.15, 0.2) is 0 Å². The van der Waals surface area contributed by atoms with E-state index < -0.39 is 24.4 Å². The summed E-state index contributed by atoms with van der Waals surface area (Å²) in [4.78, 5) is 40.2. The molecule has 0 spiro atoms. The number of rotatable bonds is 11. The van der Waals surface area contributed by atoms with E-state index in [9.17, 15) is 14.4 Å². The quantitative estimate of drug-likeness (QED) is 0.306. The Kier molecular flexibility index (Phi) is 12.4. The Morgan fingerprint density at radius 3 is 1.95 bits per heavy atom. The predicted molar refractivity (Wildman–Crippen MR) is 145 cm³/mol. The first-order valence-corrected chi connectivity index (χ1v) is 12.9. The molecule has 0 bridgehead atoms. The molecule has 2 N–H and O–H groups in total. The Bertz CT molecular complexity index is 879. The third-order valence-electron chi connectivity index (χ3n) is 6.63. The van der Waals surface area contributed by atoms with Crippen LogP contribution in [0.15, 0.2) is 24.3 Å². The topological polar surface area (TPSA) is 111 Å². The van der Waals surface area contributed by atoms with E-state index in [0.29, 0.717) is 18.2 Å². The number of hydrogen-bond donors (Lipinski definition) is 1. The van der Waals surface area contributed by atoms with Gasteiger partial charge >= 0.3 is 18.2 Å². The molecule has 3 atom stereocenters. The van der Waals surface area contributed by atoms with Crippen molar-refractivity contribution in [1.29, 1.82) is 0 Å². The average Bonchev–Trinajstić information content (AvgIpc) is 2.83. The van der Waals surface area contributed by atoms with E-state index in [-0.39, 0.29) is 30.0 Å². The highest BCUT2D eigenvalue weighted by molar-refractivity contribution is 5.87. The molecule has 210 valence electrons. The normalized spacial score (nSPS) is 14.1. The van der Waals surface area contributed by atoms with Crippen molar-refractivity contribution in [2.24, 2.45) is 28.9 Å². The summed E-state index contributed by atoms with van der Waals surface area (Å²) in [6.07, 6.45) is -1.21. The van der Waals surface area contributed by atoms with Gasteiger partial charge in [0.05, 0.1) is 0 Å². The second kappa shape index (κ2) is 14.2. The van der Waals surface area contributed by atoms with Crippen LogP contribution in [-0.4, -0.2) is 56.0 Å². The van der Waals surface area contributed by atoms with Crippen LogP contribution in [0, 0.1) is 23.2 Å². The van der Waals surface area contributed by atoms with Crippen molar-refractivity contribution in [2.75, 3.05) is 25.5 Å². The Labute approximate surface area is 222 Å². The molecule has 0 fully saturated rings. The van der Waals surface area contributed by atoms with Gasteiger partial charge in [0.1, 0.15) is 12.6 Å². The molecule has 1 rings (SSSR count). The van der Waals surface area contributed by atoms with Gasteiger partial charge in [0.2, 0.25) is 0 Å². The number of nitrogens with two attached hydrogens (primary N) is 1. The third-order valence-corrected chi connectivity index (χ3v) is 6.63. The summed E-state index contributed by atoms with van der Waals surface area (Å²) < 4.78 is 16.2. The van der Waals surface area contributed by atoms with Crippen molar-refractivity contribution in [3.05, 3.63) is 29.8 Å². The molecule has 1 aromatic rings. The fraction of sp³-hybridized carbons (Fsp3) is 0.679. The van der Waals surface area contributed by atoms with Gasteiger partial charge in [0.25, 0.3) is 6.29 Å². The van der Waals surface area contributed by atoms with Crippen LogP contribution in [0.3, 0.4) is 0 Å². The molecule has 2 amide bonds. The predicted octanol–water partition coefficient (Wildman–Crippen LogP) is 5.41.